The zero-order chi connectivity index (χ0) is 9.14. The third kappa shape index (κ3) is 1.84. The van der Waals surface area contributed by atoms with Crippen LogP contribution in [0.1, 0.15) is 28.9 Å². The van der Waals surface area contributed by atoms with Crippen LogP contribution in [0.2, 0.25) is 5.02 Å². The number of hydrogen-bond donors (Lipinski definition) is 1. The summed E-state index contributed by atoms with van der Waals surface area (Å²) in [6.07, 6.45) is 0.0831. The van der Waals surface area contributed by atoms with Gasteiger partial charge >= 0.3 is 0 Å². The van der Waals surface area contributed by atoms with Gasteiger partial charge in [-0.3, -0.25) is 4.79 Å². The zero-order valence-corrected chi connectivity index (χ0v) is 7.38. The molecular weight excluding hydrogens is 176 g/mol. The van der Waals surface area contributed by atoms with Crippen molar-refractivity contribution >= 4 is 17.9 Å². The van der Waals surface area contributed by atoms with E-state index in [2.05, 4.69) is 0 Å². The summed E-state index contributed by atoms with van der Waals surface area (Å²) in [6.45, 7) is 1.61. The van der Waals surface area contributed by atoms with E-state index < -0.39 is 6.10 Å². The molecule has 1 rings (SSSR count). The van der Waals surface area contributed by atoms with E-state index in [4.69, 9.17) is 11.6 Å². The molecule has 0 amide bonds. The summed E-state index contributed by atoms with van der Waals surface area (Å²) in [5.74, 6) is 0. The lowest BCUT2D eigenvalue weighted by molar-refractivity contribution is 0.112. The Morgan fingerprint density at radius 1 is 1.58 bits per heavy atom. The highest BCUT2D eigenvalue weighted by molar-refractivity contribution is 6.31. The van der Waals surface area contributed by atoms with E-state index >= 15 is 0 Å². The summed E-state index contributed by atoms with van der Waals surface area (Å²) in [7, 11) is 0. The van der Waals surface area contributed by atoms with Gasteiger partial charge in [0.2, 0.25) is 0 Å². The SMILES string of the molecule is CC(O)c1cc(C=O)ccc1Cl. The Bertz CT molecular complexity index is 295. The Kier molecular flexibility index (Phi) is 2.84. The smallest absolute Gasteiger partial charge is 0.150 e. The van der Waals surface area contributed by atoms with E-state index in [0.29, 0.717) is 16.1 Å². The third-order valence-corrected chi connectivity index (χ3v) is 1.95. The van der Waals surface area contributed by atoms with Gasteiger partial charge in [0.05, 0.1) is 6.10 Å². The molecule has 0 radical (unpaired) electrons. The molecule has 1 N–H and O–H groups in total. The van der Waals surface area contributed by atoms with Gasteiger partial charge in [0.15, 0.2) is 0 Å². The summed E-state index contributed by atoms with van der Waals surface area (Å²) in [4.78, 5) is 10.4. The van der Waals surface area contributed by atoms with E-state index in [0.717, 1.165) is 6.29 Å². The minimum absolute atomic E-state index is 0.482. The molecule has 0 aliphatic carbocycles. The van der Waals surface area contributed by atoms with E-state index in [1.54, 1.807) is 25.1 Å². The molecule has 0 bridgehead atoms. The first-order valence-corrected chi connectivity index (χ1v) is 3.95. The maximum atomic E-state index is 10.4. The number of benzene rings is 1. The summed E-state index contributed by atoms with van der Waals surface area (Å²) >= 11 is 5.77. The summed E-state index contributed by atoms with van der Waals surface area (Å²) in [5, 5.41) is 9.71. The quantitative estimate of drug-likeness (QED) is 0.716. The normalized spacial score (nSPS) is 12.6. The molecular formula is C9H9ClO2. The van der Waals surface area contributed by atoms with Gasteiger partial charge in [0.25, 0.3) is 0 Å². The highest BCUT2D eigenvalue weighted by Gasteiger charge is 2.06. The number of aliphatic hydroxyl groups excluding tert-OH is 1. The molecule has 0 fully saturated rings. The molecule has 0 aliphatic heterocycles. The molecule has 2 nitrogen and oxygen atoms in total. The Labute approximate surface area is 75.8 Å². The Morgan fingerprint density at radius 2 is 2.25 bits per heavy atom. The minimum Gasteiger partial charge on any atom is -0.389 e. The number of aliphatic hydroxyl groups is 1. The van der Waals surface area contributed by atoms with Crippen molar-refractivity contribution in [1.82, 2.24) is 0 Å². The van der Waals surface area contributed by atoms with Gasteiger partial charge in [-0.2, -0.15) is 0 Å². The summed E-state index contributed by atoms with van der Waals surface area (Å²) in [5.41, 5.74) is 1.11. The van der Waals surface area contributed by atoms with E-state index in [9.17, 15) is 9.90 Å². The van der Waals surface area contributed by atoms with Crippen LogP contribution in [0.4, 0.5) is 0 Å². The molecule has 64 valence electrons. The van der Waals surface area contributed by atoms with Crippen LogP contribution in [0.3, 0.4) is 0 Å². The Balaban J connectivity index is 3.16. The van der Waals surface area contributed by atoms with Crippen LogP contribution in [0, 0.1) is 0 Å². The van der Waals surface area contributed by atoms with Crippen molar-refractivity contribution in [3.05, 3.63) is 34.3 Å². The van der Waals surface area contributed by atoms with Gasteiger partial charge in [0.1, 0.15) is 6.29 Å². The van der Waals surface area contributed by atoms with E-state index in [-0.39, 0.29) is 0 Å². The highest BCUT2D eigenvalue weighted by atomic mass is 35.5. The summed E-state index contributed by atoms with van der Waals surface area (Å²) < 4.78 is 0. The first-order chi connectivity index (χ1) is 5.65. The van der Waals surface area contributed by atoms with Crippen LogP contribution in [0.15, 0.2) is 18.2 Å². The molecule has 1 aromatic rings. The van der Waals surface area contributed by atoms with Gasteiger partial charge < -0.3 is 5.11 Å². The minimum atomic E-state index is -0.641. The predicted octanol–water partition coefficient (Wildman–Crippen LogP) is 2.21. The first-order valence-electron chi connectivity index (χ1n) is 3.58. The number of carbonyl (C=O) groups is 1. The third-order valence-electron chi connectivity index (χ3n) is 1.61. The molecule has 1 aromatic carbocycles. The van der Waals surface area contributed by atoms with Crippen molar-refractivity contribution in [2.24, 2.45) is 0 Å². The van der Waals surface area contributed by atoms with Crippen LogP contribution in [0.5, 0.6) is 0 Å². The monoisotopic (exact) mass is 184 g/mol. The molecule has 1 unspecified atom stereocenters. The van der Waals surface area contributed by atoms with Gasteiger partial charge in [0, 0.05) is 10.6 Å². The second kappa shape index (κ2) is 3.70. The maximum Gasteiger partial charge on any atom is 0.150 e. The molecule has 3 heteroatoms. The highest BCUT2D eigenvalue weighted by Crippen LogP contribution is 2.23. The lowest BCUT2D eigenvalue weighted by Crippen LogP contribution is -1.93. The standard InChI is InChI=1S/C9H9ClO2/c1-6(12)8-4-7(5-11)2-3-9(8)10/h2-6,12H,1H3. The van der Waals surface area contributed by atoms with Gasteiger partial charge in [-0.05, 0) is 24.6 Å². The second-order valence-electron chi connectivity index (χ2n) is 2.57. The van der Waals surface area contributed by atoms with Crippen LogP contribution in [-0.4, -0.2) is 11.4 Å². The fourth-order valence-corrected chi connectivity index (χ4v) is 1.23. The number of carbonyl (C=O) groups excluding carboxylic acids is 1. The van der Waals surface area contributed by atoms with Crippen LogP contribution in [0.25, 0.3) is 0 Å². The van der Waals surface area contributed by atoms with Crippen molar-refractivity contribution < 1.29 is 9.90 Å². The average molecular weight is 185 g/mol. The molecule has 0 aliphatic rings. The molecule has 0 heterocycles. The molecule has 1 atom stereocenters. The largest absolute Gasteiger partial charge is 0.389 e. The van der Waals surface area contributed by atoms with E-state index in [1.165, 1.54) is 0 Å². The van der Waals surface area contributed by atoms with Crippen LogP contribution >= 0.6 is 11.6 Å². The Hall–Kier alpha value is -0.860. The van der Waals surface area contributed by atoms with Crippen molar-refractivity contribution in [3.63, 3.8) is 0 Å². The van der Waals surface area contributed by atoms with E-state index in [1.807, 2.05) is 0 Å². The second-order valence-corrected chi connectivity index (χ2v) is 2.98. The fourth-order valence-electron chi connectivity index (χ4n) is 0.956. The fraction of sp³-hybridized carbons (Fsp3) is 0.222. The maximum absolute atomic E-state index is 10.4. The number of hydrogen-bond acceptors (Lipinski definition) is 2. The first kappa shape index (κ1) is 9.23. The van der Waals surface area contributed by atoms with Crippen molar-refractivity contribution in [1.29, 1.82) is 0 Å². The zero-order valence-electron chi connectivity index (χ0n) is 6.62. The predicted molar refractivity (Wildman–Crippen MR) is 47.5 cm³/mol. The van der Waals surface area contributed by atoms with Crippen molar-refractivity contribution in [2.75, 3.05) is 0 Å². The number of rotatable bonds is 2. The molecule has 12 heavy (non-hydrogen) atoms. The van der Waals surface area contributed by atoms with Gasteiger partial charge in [-0.25, -0.2) is 0 Å². The molecule has 0 spiro atoms. The van der Waals surface area contributed by atoms with Crippen LogP contribution in [-0.2, 0) is 0 Å². The number of halogens is 1. The number of aldehydes is 1. The van der Waals surface area contributed by atoms with Crippen LogP contribution < -0.4 is 0 Å². The Morgan fingerprint density at radius 3 is 2.75 bits per heavy atom. The lowest BCUT2D eigenvalue weighted by Gasteiger charge is -2.06. The average Bonchev–Trinajstić information content (AvgIpc) is 2.05. The van der Waals surface area contributed by atoms with Crippen molar-refractivity contribution in [3.8, 4) is 0 Å². The van der Waals surface area contributed by atoms with Crippen molar-refractivity contribution in [2.45, 2.75) is 13.0 Å². The van der Waals surface area contributed by atoms with Gasteiger partial charge in [-0.15, -0.1) is 0 Å². The van der Waals surface area contributed by atoms with Gasteiger partial charge in [-0.1, -0.05) is 17.7 Å². The molecule has 0 saturated heterocycles. The molecule has 0 aromatic heterocycles. The summed E-state index contributed by atoms with van der Waals surface area (Å²) in [6, 6.07) is 4.80. The topological polar surface area (TPSA) is 37.3 Å². The lowest BCUT2D eigenvalue weighted by atomic mass is 10.1. The molecule has 0 saturated carbocycles.